The number of ether oxygens (including phenoxy) is 1. The highest BCUT2D eigenvalue weighted by atomic mass is 16.6. The number of aliphatic hydroxyl groups excluding tert-OH is 1. The summed E-state index contributed by atoms with van der Waals surface area (Å²) in [5.74, 6) is -1.46. The molecule has 1 fully saturated rings. The van der Waals surface area contributed by atoms with E-state index in [4.69, 9.17) is 9.15 Å². The number of carbonyl (C=O) groups is 2. The summed E-state index contributed by atoms with van der Waals surface area (Å²) >= 11 is 0. The average Bonchev–Trinajstić information content (AvgIpc) is 3.40. The first-order chi connectivity index (χ1) is 14.9. The molecule has 9 nitrogen and oxygen atoms in total. The number of hydrogen-bond acceptors (Lipinski definition) is 7. The van der Waals surface area contributed by atoms with Crippen molar-refractivity contribution >= 4 is 28.8 Å². The molecule has 0 aliphatic carbocycles. The molecule has 2 aromatic carbocycles. The van der Waals surface area contributed by atoms with Crippen LogP contribution in [0.15, 0.2) is 76.9 Å². The highest BCUT2D eigenvalue weighted by Crippen LogP contribution is 2.42. The average molecular weight is 420 g/mol. The number of nitro benzene ring substituents is 1. The molecule has 1 saturated heterocycles. The summed E-state index contributed by atoms with van der Waals surface area (Å²) in [5.41, 5.74) is 0.184. The van der Waals surface area contributed by atoms with Gasteiger partial charge in [-0.2, -0.15) is 0 Å². The maximum absolute atomic E-state index is 13.0. The Balaban J connectivity index is 1.88. The zero-order valence-electron chi connectivity index (χ0n) is 16.2. The Kier molecular flexibility index (Phi) is 5.00. The number of nitrogens with zero attached hydrogens (tertiary/aromatic N) is 2. The van der Waals surface area contributed by atoms with Crippen LogP contribution in [-0.4, -0.2) is 28.8 Å². The number of non-ortho nitro benzene ring substituents is 1. The van der Waals surface area contributed by atoms with Crippen LogP contribution in [0.2, 0.25) is 0 Å². The lowest BCUT2D eigenvalue weighted by molar-refractivity contribution is -0.384. The summed E-state index contributed by atoms with van der Waals surface area (Å²) in [6.07, 6.45) is 1.40. The van der Waals surface area contributed by atoms with Gasteiger partial charge in [0.2, 0.25) is 0 Å². The first-order valence-electron chi connectivity index (χ1n) is 9.15. The molecular formula is C22H16N2O7. The molecule has 1 aliphatic heterocycles. The van der Waals surface area contributed by atoms with Crippen LogP contribution in [-0.2, 0) is 9.59 Å². The van der Waals surface area contributed by atoms with Crippen molar-refractivity contribution in [1.82, 2.24) is 0 Å². The van der Waals surface area contributed by atoms with Crippen molar-refractivity contribution in [2.75, 3.05) is 12.0 Å². The summed E-state index contributed by atoms with van der Waals surface area (Å²) in [4.78, 5) is 37.5. The van der Waals surface area contributed by atoms with E-state index in [1.807, 2.05) is 0 Å². The standard InChI is InChI=1S/C22H16N2O7/c1-30-16-5-2-4-15(12-16)23-19(17-6-3-11-31-17)18(21(26)22(23)27)20(25)13-7-9-14(10-8-13)24(28)29/h2-12,19,25H,1H3/b20-18-. The summed E-state index contributed by atoms with van der Waals surface area (Å²) in [5, 5.41) is 21.8. The largest absolute Gasteiger partial charge is 0.507 e. The molecule has 31 heavy (non-hydrogen) atoms. The molecule has 1 N–H and O–H groups in total. The van der Waals surface area contributed by atoms with Crippen LogP contribution >= 0.6 is 0 Å². The summed E-state index contributed by atoms with van der Waals surface area (Å²) < 4.78 is 10.7. The van der Waals surface area contributed by atoms with Gasteiger partial charge in [0, 0.05) is 29.4 Å². The number of aliphatic hydroxyl groups is 1. The van der Waals surface area contributed by atoms with Gasteiger partial charge in [0.15, 0.2) is 0 Å². The van der Waals surface area contributed by atoms with E-state index in [1.165, 1.54) is 42.5 Å². The third-order valence-electron chi connectivity index (χ3n) is 4.94. The molecule has 0 spiro atoms. The monoisotopic (exact) mass is 420 g/mol. The number of nitro groups is 1. The second-order valence-electron chi connectivity index (χ2n) is 6.69. The smallest absolute Gasteiger partial charge is 0.300 e. The van der Waals surface area contributed by atoms with Gasteiger partial charge in [0.05, 0.1) is 23.9 Å². The normalized spacial score (nSPS) is 17.7. The summed E-state index contributed by atoms with van der Waals surface area (Å²) in [7, 11) is 1.48. The molecule has 156 valence electrons. The Bertz CT molecular complexity index is 1200. The molecule has 0 radical (unpaired) electrons. The summed E-state index contributed by atoms with van der Waals surface area (Å²) in [6.45, 7) is 0. The van der Waals surface area contributed by atoms with Crippen molar-refractivity contribution in [3.05, 3.63) is 93.9 Å². The third-order valence-corrected chi connectivity index (χ3v) is 4.94. The molecule has 0 saturated carbocycles. The molecule has 4 rings (SSSR count). The number of furan rings is 1. The van der Waals surface area contributed by atoms with E-state index in [0.29, 0.717) is 11.4 Å². The van der Waals surface area contributed by atoms with Crippen molar-refractivity contribution < 1.29 is 28.8 Å². The van der Waals surface area contributed by atoms with Crippen LogP contribution in [0.5, 0.6) is 5.75 Å². The van der Waals surface area contributed by atoms with Gasteiger partial charge in [-0.1, -0.05) is 6.07 Å². The predicted octanol–water partition coefficient (Wildman–Crippen LogP) is 3.82. The Morgan fingerprint density at radius 1 is 1.13 bits per heavy atom. The van der Waals surface area contributed by atoms with Gasteiger partial charge in [-0.05, 0) is 36.4 Å². The molecule has 0 bridgehead atoms. The Morgan fingerprint density at radius 2 is 1.87 bits per heavy atom. The number of ketones is 1. The number of benzene rings is 2. The molecule has 9 heteroatoms. The molecule has 3 aromatic rings. The second kappa shape index (κ2) is 7.79. The van der Waals surface area contributed by atoms with Gasteiger partial charge in [-0.25, -0.2) is 0 Å². The van der Waals surface area contributed by atoms with Crippen molar-refractivity contribution in [3.8, 4) is 5.75 Å². The lowest BCUT2D eigenvalue weighted by Crippen LogP contribution is -2.29. The number of anilines is 1. The fourth-order valence-corrected chi connectivity index (χ4v) is 3.47. The van der Waals surface area contributed by atoms with Crippen LogP contribution in [0.1, 0.15) is 17.4 Å². The fraction of sp³-hybridized carbons (Fsp3) is 0.0909. The van der Waals surface area contributed by atoms with Gasteiger partial charge >= 0.3 is 0 Å². The third kappa shape index (κ3) is 3.42. The number of Topliss-reactive ketones (excluding diaryl/α,β-unsaturated/α-hetero) is 1. The van der Waals surface area contributed by atoms with E-state index in [0.717, 1.165) is 0 Å². The van der Waals surface area contributed by atoms with Crippen molar-refractivity contribution in [2.45, 2.75) is 6.04 Å². The van der Waals surface area contributed by atoms with E-state index in [1.54, 1.807) is 36.4 Å². The van der Waals surface area contributed by atoms with Crippen LogP contribution in [0.25, 0.3) is 5.76 Å². The zero-order chi connectivity index (χ0) is 22.1. The molecule has 1 unspecified atom stereocenters. The van der Waals surface area contributed by atoms with Crippen LogP contribution < -0.4 is 9.64 Å². The number of carbonyl (C=O) groups excluding carboxylic acids is 2. The van der Waals surface area contributed by atoms with E-state index in [9.17, 15) is 24.8 Å². The minimum absolute atomic E-state index is 0.158. The number of amides is 1. The van der Waals surface area contributed by atoms with Crippen molar-refractivity contribution in [2.24, 2.45) is 0 Å². The summed E-state index contributed by atoms with van der Waals surface area (Å²) in [6, 6.07) is 13.8. The lowest BCUT2D eigenvalue weighted by atomic mass is 9.99. The number of methoxy groups -OCH3 is 1. The SMILES string of the molecule is COc1cccc(N2C(=O)C(=O)/C(=C(\O)c3ccc([N+](=O)[O-])cc3)C2c2ccco2)c1. The molecule has 2 heterocycles. The Labute approximate surface area is 175 Å². The zero-order valence-corrected chi connectivity index (χ0v) is 16.2. The van der Waals surface area contributed by atoms with Gasteiger partial charge in [0.1, 0.15) is 23.3 Å². The topological polar surface area (TPSA) is 123 Å². The van der Waals surface area contributed by atoms with Gasteiger partial charge in [-0.3, -0.25) is 24.6 Å². The van der Waals surface area contributed by atoms with Gasteiger partial charge in [0.25, 0.3) is 17.4 Å². The molecule has 1 atom stereocenters. The van der Waals surface area contributed by atoms with Gasteiger partial charge < -0.3 is 14.3 Å². The Morgan fingerprint density at radius 3 is 2.48 bits per heavy atom. The lowest BCUT2D eigenvalue weighted by Gasteiger charge is -2.23. The Hall–Kier alpha value is -4.40. The minimum atomic E-state index is -1.03. The van der Waals surface area contributed by atoms with Crippen LogP contribution in [0, 0.1) is 10.1 Å². The molecule has 1 aromatic heterocycles. The van der Waals surface area contributed by atoms with Gasteiger partial charge in [-0.15, -0.1) is 0 Å². The second-order valence-corrected chi connectivity index (χ2v) is 6.69. The van der Waals surface area contributed by atoms with E-state index < -0.39 is 28.4 Å². The van der Waals surface area contributed by atoms with Crippen molar-refractivity contribution in [3.63, 3.8) is 0 Å². The first-order valence-corrected chi connectivity index (χ1v) is 9.15. The highest BCUT2D eigenvalue weighted by molar-refractivity contribution is 6.51. The van der Waals surface area contributed by atoms with Crippen molar-refractivity contribution in [1.29, 1.82) is 0 Å². The quantitative estimate of drug-likeness (QED) is 0.219. The number of hydrogen-bond donors (Lipinski definition) is 1. The van der Waals surface area contributed by atoms with E-state index in [-0.39, 0.29) is 22.6 Å². The molecular weight excluding hydrogens is 404 g/mol. The molecule has 1 aliphatic rings. The van der Waals surface area contributed by atoms with Crippen LogP contribution in [0.4, 0.5) is 11.4 Å². The van der Waals surface area contributed by atoms with Crippen LogP contribution in [0.3, 0.4) is 0 Å². The van der Waals surface area contributed by atoms with E-state index >= 15 is 0 Å². The number of rotatable bonds is 5. The van der Waals surface area contributed by atoms with E-state index in [2.05, 4.69) is 0 Å². The molecule has 1 amide bonds. The maximum atomic E-state index is 13.0. The highest BCUT2D eigenvalue weighted by Gasteiger charge is 2.48. The minimum Gasteiger partial charge on any atom is -0.507 e. The predicted molar refractivity (Wildman–Crippen MR) is 110 cm³/mol. The first kappa shape index (κ1) is 19.9. The maximum Gasteiger partial charge on any atom is 0.300 e. The fourth-order valence-electron chi connectivity index (χ4n) is 3.47.